The minimum Gasteiger partial charge on any atom is -0.465 e. The van der Waals surface area contributed by atoms with Gasteiger partial charge in [-0.15, -0.1) is 0 Å². The molecule has 2 aliphatic rings. The van der Waals surface area contributed by atoms with Gasteiger partial charge < -0.3 is 19.7 Å². The fourth-order valence-corrected chi connectivity index (χ4v) is 2.97. The standard InChI is InChI=1S/C16H30N2O3/c1-3-21-16(19)15(17-14-4-5-14)8-11-18-9-6-13(7-10-18)12-20-2/h13-15,17H,3-12H2,1-2H3. The molecule has 0 radical (unpaired) electrons. The van der Waals surface area contributed by atoms with E-state index in [9.17, 15) is 4.79 Å². The summed E-state index contributed by atoms with van der Waals surface area (Å²) in [7, 11) is 1.78. The lowest BCUT2D eigenvalue weighted by Gasteiger charge is -2.32. The number of carbonyl (C=O) groups excluding carboxylic acids is 1. The van der Waals surface area contributed by atoms with Gasteiger partial charge in [0.1, 0.15) is 6.04 Å². The van der Waals surface area contributed by atoms with E-state index in [-0.39, 0.29) is 12.0 Å². The molecular weight excluding hydrogens is 268 g/mol. The van der Waals surface area contributed by atoms with Crippen LogP contribution < -0.4 is 5.32 Å². The predicted octanol–water partition coefficient (Wildman–Crippen LogP) is 1.42. The van der Waals surface area contributed by atoms with Crippen LogP contribution in [0.2, 0.25) is 0 Å². The second-order valence-electron chi connectivity index (χ2n) is 6.27. The Kier molecular flexibility index (Phi) is 6.93. The summed E-state index contributed by atoms with van der Waals surface area (Å²) in [6.07, 6.45) is 5.64. The maximum absolute atomic E-state index is 12.0. The molecular formula is C16H30N2O3. The van der Waals surface area contributed by atoms with Crippen LogP contribution in [0.15, 0.2) is 0 Å². The molecule has 1 atom stereocenters. The molecule has 2 fully saturated rings. The number of hydrogen-bond acceptors (Lipinski definition) is 5. The molecule has 0 aromatic heterocycles. The largest absolute Gasteiger partial charge is 0.465 e. The highest BCUT2D eigenvalue weighted by molar-refractivity contribution is 5.75. The van der Waals surface area contributed by atoms with Crippen LogP contribution in [0.1, 0.15) is 39.0 Å². The quantitative estimate of drug-likeness (QED) is 0.652. The number of nitrogens with zero attached hydrogens (tertiary/aromatic N) is 1. The highest BCUT2D eigenvalue weighted by Gasteiger charge is 2.29. The Bertz CT molecular complexity index is 313. The average Bonchev–Trinajstić information content (AvgIpc) is 3.29. The molecule has 21 heavy (non-hydrogen) atoms. The van der Waals surface area contributed by atoms with Gasteiger partial charge in [0.25, 0.3) is 0 Å². The zero-order valence-electron chi connectivity index (χ0n) is 13.5. The summed E-state index contributed by atoms with van der Waals surface area (Å²) in [5, 5.41) is 3.42. The molecule has 1 unspecified atom stereocenters. The van der Waals surface area contributed by atoms with Crippen molar-refractivity contribution in [3.8, 4) is 0 Å². The second kappa shape index (κ2) is 8.71. The van der Waals surface area contributed by atoms with Gasteiger partial charge in [0.05, 0.1) is 6.61 Å². The van der Waals surface area contributed by atoms with Crippen LogP contribution in [0.3, 0.4) is 0 Å². The Labute approximate surface area is 128 Å². The minimum absolute atomic E-state index is 0.0846. The van der Waals surface area contributed by atoms with Crippen molar-refractivity contribution in [3.63, 3.8) is 0 Å². The molecule has 122 valence electrons. The van der Waals surface area contributed by atoms with Gasteiger partial charge in [0.15, 0.2) is 0 Å². The van der Waals surface area contributed by atoms with Gasteiger partial charge >= 0.3 is 5.97 Å². The molecule has 1 N–H and O–H groups in total. The number of nitrogens with one attached hydrogen (secondary N) is 1. The van der Waals surface area contributed by atoms with E-state index in [1.165, 1.54) is 25.7 Å². The number of likely N-dealkylation sites (tertiary alicyclic amines) is 1. The highest BCUT2D eigenvalue weighted by Crippen LogP contribution is 2.21. The number of piperidine rings is 1. The molecule has 1 heterocycles. The van der Waals surface area contributed by atoms with Crippen LogP contribution in [-0.2, 0) is 14.3 Å². The first-order valence-corrected chi connectivity index (χ1v) is 8.37. The van der Waals surface area contributed by atoms with E-state index >= 15 is 0 Å². The Hall–Kier alpha value is -0.650. The highest BCUT2D eigenvalue weighted by atomic mass is 16.5. The molecule has 1 aliphatic carbocycles. The van der Waals surface area contributed by atoms with Gasteiger partial charge in [0.2, 0.25) is 0 Å². The van der Waals surface area contributed by atoms with Crippen LogP contribution in [0.5, 0.6) is 0 Å². The van der Waals surface area contributed by atoms with Crippen molar-refractivity contribution in [1.82, 2.24) is 10.2 Å². The topological polar surface area (TPSA) is 50.8 Å². The molecule has 0 aromatic carbocycles. The molecule has 0 bridgehead atoms. The third-order valence-corrected chi connectivity index (χ3v) is 4.43. The molecule has 2 rings (SSSR count). The molecule has 0 amide bonds. The number of ether oxygens (including phenoxy) is 2. The zero-order valence-corrected chi connectivity index (χ0v) is 13.5. The smallest absolute Gasteiger partial charge is 0.323 e. The SMILES string of the molecule is CCOC(=O)C(CCN1CCC(COC)CC1)NC1CC1. The van der Waals surface area contributed by atoms with Crippen molar-refractivity contribution < 1.29 is 14.3 Å². The molecule has 1 saturated heterocycles. The van der Waals surface area contributed by atoms with Crippen molar-refractivity contribution in [1.29, 1.82) is 0 Å². The minimum atomic E-state index is -0.130. The van der Waals surface area contributed by atoms with Gasteiger partial charge in [-0.2, -0.15) is 0 Å². The normalized spacial score (nSPS) is 22.2. The average molecular weight is 298 g/mol. The summed E-state index contributed by atoms with van der Waals surface area (Å²) in [4.78, 5) is 14.5. The third-order valence-electron chi connectivity index (χ3n) is 4.43. The number of methoxy groups -OCH3 is 1. The summed E-state index contributed by atoms with van der Waals surface area (Å²) in [5.74, 6) is 0.621. The Morgan fingerprint density at radius 3 is 2.57 bits per heavy atom. The Morgan fingerprint density at radius 1 is 1.29 bits per heavy atom. The fraction of sp³-hybridized carbons (Fsp3) is 0.938. The summed E-state index contributed by atoms with van der Waals surface area (Å²) in [5.41, 5.74) is 0. The van der Waals surface area contributed by atoms with Crippen molar-refractivity contribution in [2.24, 2.45) is 5.92 Å². The Morgan fingerprint density at radius 2 is 2.00 bits per heavy atom. The molecule has 1 aliphatic heterocycles. The molecule has 5 heteroatoms. The van der Waals surface area contributed by atoms with E-state index in [2.05, 4.69) is 10.2 Å². The Balaban J connectivity index is 1.69. The zero-order chi connectivity index (χ0) is 15.1. The van der Waals surface area contributed by atoms with E-state index in [1.54, 1.807) is 7.11 Å². The van der Waals surface area contributed by atoms with Gasteiger partial charge in [-0.1, -0.05) is 0 Å². The van der Waals surface area contributed by atoms with E-state index < -0.39 is 0 Å². The van der Waals surface area contributed by atoms with Crippen molar-refractivity contribution in [2.45, 2.75) is 51.1 Å². The van der Waals surface area contributed by atoms with E-state index in [1.807, 2.05) is 6.92 Å². The van der Waals surface area contributed by atoms with E-state index in [0.717, 1.165) is 32.7 Å². The van der Waals surface area contributed by atoms with Crippen LogP contribution in [0.25, 0.3) is 0 Å². The maximum Gasteiger partial charge on any atom is 0.323 e. The van der Waals surface area contributed by atoms with Gasteiger partial charge in [-0.3, -0.25) is 4.79 Å². The van der Waals surface area contributed by atoms with Crippen LogP contribution >= 0.6 is 0 Å². The van der Waals surface area contributed by atoms with Gasteiger partial charge in [-0.05, 0) is 58.0 Å². The number of carbonyl (C=O) groups is 1. The maximum atomic E-state index is 12.0. The monoisotopic (exact) mass is 298 g/mol. The third kappa shape index (κ3) is 5.93. The summed E-state index contributed by atoms with van der Waals surface area (Å²) >= 11 is 0. The molecule has 0 spiro atoms. The lowest BCUT2D eigenvalue weighted by atomic mass is 9.97. The molecule has 5 nitrogen and oxygen atoms in total. The number of esters is 1. The predicted molar refractivity (Wildman–Crippen MR) is 82.2 cm³/mol. The van der Waals surface area contributed by atoms with Gasteiger partial charge in [0, 0.05) is 26.3 Å². The van der Waals surface area contributed by atoms with Crippen LogP contribution in [0, 0.1) is 5.92 Å². The first kappa shape index (κ1) is 16.7. The summed E-state index contributed by atoms with van der Waals surface area (Å²) in [6, 6.07) is 0.404. The fourth-order valence-electron chi connectivity index (χ4n) is 2.97. The molecule has 0 aromatic rings. The van der Waals surface area contributed by atoms with Crippen LogP contribution in [0.4, 0.5) is 0 Å². The number of rotatable bonds is 9. The first-order valence-electron chi connectivity index (χ1n) is 8.37. The lowest BCUT2D eigenvalue weighted by molar-refractivity contribution is -0.146. The second-order valence-corrected chi connectivity index (χ2v) is 6.27. The summed E-state index contributed by atoms with van der Waals surface area (Å²) in [6.45, 7) is 6.42. The first-order chi connectivity index (χ1) is 10.2. The van der Waals surface area contributed by atoms with Crippen molar-refractivity contribution >= 4 is 5.97 Å². The lowest BCUT2D eigenvalue weighted by Crippen LogP contribution is -2.43. The van der Waals surface area contributed by atoms with E-state index in [0.29, 0.717) is 18.6 Å². The van der Waals surface area contributed by atoms with E-state index in [4.69, 9.17) is 9.47 Å². The van der Waals surface area contributed by atoms with Gasteiger partial charge in [-0.25, -0.2) is 0 Å². The molecule has 1 saturated carbocycles. The van der Waals surface area contributed by atoms with Crippen LogP contribution in [-0.4, -0.2) is 62.9 Å². The number of hydrogen-bond donors (Lipinski definition) is 1. The van der Waals surface area contributed by atoms with Crippen molar-refractivity contribution in [2.75, 3.05) is 40.0 Å². The van der Waals surface area contributed by atoms with Crippen molar-refractivity contribution in [3.05, 3.63) is 0 Å². The summed E-state index contributed by atoms with van der Waals surface area (Å²) < 4.78 is 10.4.